The van der Waals surface area contributed by atoms with Crippen LogP contribution in [-0.4, -0.2) is 112 Å². The molecule has 0 radical (unpaired) electrons. The van der Waals surface area contributed by atoms with Gasteiger partial charge in [-0.15, -0.1) is 11.8 Å². The third-order valence-corrected chi connectivity index (χ3v) is 14.1. The second-order valence-corrected chi connectivity index (χ2v) is 19.6. The second kappa shape index (κ2) is 24.3. The largest absolute Gasteiger partial charge is 0.456 e. The Balaban J connectivity index is 1.44. The fraction of sp³-hybridized carbons (Fsp3) is 0.595. The number of imide groups is 1. The van der Waals surface area contributed by atoms with Gasteiger partial charge in [0.2, 0.25) is 35.4 Å². The molecule has 7 amide bonds. The molecule has 1 unspecified atom stereocenters. The molecule has 0 aromatic carbocycles. The number of carbonyl (C=O) groups excluding carboxylic acids is 8. The van der Waals surface area contributed by atoms with Crippen LogP contribution >= 0.6 is 33.3 Å². The van der Waals surface area contributed by atoms with Crippen molar-refractivity contribution in [2.75, 3.05) is 25.1 Å². The summed E-state index contributed by atoms with van der Waals surface area (Å²) in [6, 6.07) is 2.08. The summed E-state index contributed by atoms with van der Waals surface area (Å²) in [6.45, 7) is 8.84. The molecule has 2 aliphatic heterocycles. The Morgan fingerprint density at radius 3 is 2.31 bits per heavy atom. The van der Waals surface area contributed by atoms with Crippen LogP contribution in [0.3, 0.4) is 0 Å². The molecule has 2 saturated heterocycles. The van der Waals surface area contributed by atoms with Crippen molar-refractivity contribution in [3.05, 3.63) is 48.3 Å². The number of nitrogens with zero attached hydrogens (tertiary/aromatic N) is 2. The maximum Gasteiger partial charge on any atom is 0.329 e. The standard InChI is InChI=1S/C42H59N7O9S3/c1-7-29-38(53)48-36(25(4)5)42(57)58-28(12-9-11-19-59-31-21-34(51)49(41(31)56)22-26-14-16-27(17-15-26)37(52)43-6)20-32(50)47-35(24(2)3)40(55)46-30(39(54)45-29)23-60-61-33-13-8-10-18-44-33/h7-10,12-13,18,24-28,30-31,35-36H,11,14-17,19-23H2,1-6H3,(H,43,52)(H,45,54)(H,46,55)(H,47,50)(H,48,53)/b12-9+,29-7+/t26?,27?,28-,30-,31?,35+,36-/m0/s1. The fourth-order valence-electron chi connectivity index (χ4n) is 7.09. The van der Waals surface area contributed by atoms with Gasteiger partial charge in [0.05, 0.1) is 11.7 Å². The van der Waals surface area contributed by atoms with Gasteiger partial charge in [0.1, 0.15) is 35.0 Å². The normalized spacial score (nSPS) is 27.0. The highest BCUT2D eigenvalue weighted by atomic mass is 33.1. The van der Waals surface area contributed by atoms with Gasteiger partial charge in [-0.2, -0.15) is 0 Å². The molecule has 3 aliphatic rings. The first-order valence-electron chi connectivity index (χ1n) is 20.7. The van der Waals surface area contributed by atoms with E-state index in [1.807, 2.05) is 6.07 Å². The maximum atomic E-state index is 13.7. The van der Waals surface area contributed by atoms with Gasteiger partial charge < -0.3 is 31.3 Å². The molecule has 334 valence electrons. The number of esters is 1. The molecule has 5 atom stereocenters. The first-order valence-corrected chi connectivity index (χ1v) is 24.1. The number of carbonyl (C=O) groups is 8. The van der Waals surface area contributed by atoms with Crippen LogP contribution in [0.5, 0.6) is 0 Å². The van der Waals surface area contributed by atoms with Crippen molar-refractivity contribution in [3.8, 4) is 0 Å². The number of nitrogens with one attached hydrogen (secondary N) is 5. The number of rotatable bonds is 14. The number of cyclic esters (lactones) is 1. The predicted molar refractivity (Wildman–Crippen MR) is 235 cm³/mol. The molecule has 3 fully saturated rings. The number of allylic oxidation sites excluding steroid dienone is 2. The number of amides is 7. The van der Waals surface area contributed by atoms with Crippen LogP contribution in [0.15, 0.2) is 53.3 Å². The number of pyridine rings is 1. The van der Waals surface area contributed by atoms with Crippen molar-refractivity contribution < 1.29 is 43.1 Å². The highest BCUT2D eigenvalue weighted by Gasteiger charge is 2.40. The minimum Gasteiger partial charge on any atom is -0.456 e. The van der Waals surface area contributed by atoms with Gasteiger partial charge in [-0.3, -0.25) is 38.5 Å². The van der Waals surface area contributed by atoms with Gasteiger partial charge >= 0.3 is 5.97 Å². The lowest BCUT2D eigenvalue weighted by Gasteiger charge is -2.29. The summed E-state index contributed by atoms with van der Waals surface area (Å²) < 4.78 is 5.82. The van der Waals surface area contributed by atoms with E-state index in [0.717, 1.165) is 25.7 Å². The zero-order chi connectivity index (χ0) is 44.6. The van der Waals surface area contributed by atoms with Gasteiger partial charge in [-0.05, 0) is 91.5 Å². The van der Waals surface area contributed by atoms with Crippen LogP contribution in [0.4, 0.5) is 0 Å². The molecule has 3 heterocycles. The average molecular weight is 902 g/mol. The lowest BCUT2D eigenvalue weighted by Crippen LogP contribution is -2.57. The minimum absolute atomic E-state index is 0.0282. The lowest BCUT2D eigenvalue weighted by atomic mass is 9.81. The SMILES string of the molecule is C/C=C1/NC(=O)[C@H](CSSc2ccccn2)NC(=O)[C@@H](C(C)C)NC(=O)C[C@H](/C=C/CCSC2CC(=O)N(CC3CCC(C(=O)NC)CC3)C2=O)OC(=O)[C@H](C(C)C)NC1=O. The van der Waals surface area contributed by atoms with Crippen LogP contribution in [0.25, 0.3) is 0 Å². The van der Waals surface area contributed by atoms with E-state index >= 15 is 0 Å². The van der Waals surface area contributed by atoms with E-state index < -0.39 is 70.9 Å². The summed E-state index contributed by atoms with van der Waals surface area (Å²) in [5, 5.41) is 13.6. The maximum absolute atomic E-state index is 13.7. The fourth-order valence-corrected chi connectivity index (χ4v) is 10.2. The Bertz CT molecular complexity index is 1800. The van der Waals surface area contributed by atoms with Crippen LogP contribution in [0, 0.1) is 23.7 Å². The number of likely N-dealkylation sites (tertiary alicyclic amines) is 1. The summed E-state index contributed by atoms with van der Waals surface area (Å²) in [5.41, 5.74) is -0.129. The zero-order valence-electron chi connectivity index (χ0n) is 35.6. The molecular weight excluding hydrogens is 843 g/mol. The molecule has 1 aliphatic carbocycles. The Morgan fingerprint density at radius 1 is 0.951 bits per heavy atom. The molecule has 1 aromatic rings. The molecule has 19 heteroatoms. The molecule has 5 N–H and O–H groups in total. The average Bonchev–Trinajstić information content (AvgIpc) is 3.49. The Kier molecular flexibility index (Phi) is 19.7. The Labute approximate surface area is 369 Å². The van der Waals surface area contributed by atoms with Gasteiger partial charge in [0.25, 0.3) is 5.91 Å². The van der Waals surface area contributed by atoms with Crippen molar-refractivity contribution in [1.82, 2.24) is 36.5 Å². The van der Waals surface area contributed by atoms with E-state index in [-0.39, 0.29) is 53.8 Å². The van der Waals surface area contributed by atoms with E-state index in [2.05, 4.69) is 31.6 Å². The smallest absolute Gasteiger partial charge is 0.329 e. The minimum atomic E-state index is -1.15. The monoisotopic (exact) mass is 901 g/mol. The van der Waals surface area contributed by atoms with Crippen molar-refractivity contribution in [1.29, 1.82) is 0 Å². The van der Waals surface area contributed by atoms with Crippen LogP contribution in [0.2, 0.25) is 0 Å². The highest BCUT2D eigenvalue weighted by molar-refractivity contribution is 8.76. The molecule has 4 rings (SSSR count). The van der Waals surface area contributed by atoms with Gasteiger partial charge in [-0.1, -0.05) is 56.7 Å². The number of ether oxygens (including phenoxy) is 1. The quantitative estimate of drug-likeness (QED) is 0.0453. The molecule has 0 spiro atoms. The van der Waals surface area contributed by atoms with Crippen molar-refractivity contribution in [2.45, 2.75) is 114 Å². The van der Waals surface area contributed by atoms with Gasteiger partial charge in [-0.25, -0.2) is 9.78 Å². The van der Waals surface area contributed by atoms with Crippen molar-refractivity contribution in [2.24, 2.45) is 23.7 Å². The third-order valence-electron chi connectivity index (χ3n) is 10.6. The zero-order valence-corrected chi connectivity index (χ0v) is 38.1. The van der Waals surface area contributed by atoms with E-state index in [4.69, 9.17) is 4.74 Å². The molecule has 16 nitrogen and oxygen atoms in total. The highest BCUT2D eigenvalue weighted by Crippen LogP contribution is 2.33. The topological polar surface area (TPSA) is 222 Å². The van der Waals surface area contributed by atoms with Crippen molar-refractivity contribution >= 4 is 80.7 Å². The van der Waals surface area contributed by atoms with E-state index in [0.29, 0.717) is 23.7 Å². The number of hydrogen-bond acceptors (Lipinski definition) is 13. The van der Waals surface area contributed by atoms with Crippen LogP contribution in [-0.2, 0) is 43.1 Å². The predicted octanol–water partition coefficient (Wildman–Crippen LogP) is 3.28. The third kappa shape index (κ3) is 14.9. The van der Waals surface area contributed by atoms with Crippen LogP contribution in [0.1, 0.15) is 79.6 Å². The number of aromatic nitrogens is 1. The summed E-state index contributed by atoms with van der Waals surface area (Å²) >= 11 is 1.36. The Hall–Kier alpha value is -4.36. The first-order chi connectivity index (χ1) is 29.1. The summed E-state index contributed by atoms with van der Waals surface area (Å²) in [7, 11) is 4.21. The summed E-state index contributed by atoms with van der Waals surface area (Å²) in [6.07, 6.45) is 8.44. The summed E-state index contributed by atoms with van der Waals surface area (Å²) in [5.74, 6) is -3.95. The van der Waals surface area contributed by atoms with Gasteiger partial charge in [0, 0.05) is 37.9 Å². The van der Waals surface area contributed by atoms with E-state index in [1.54, 1.807) is 72.1 Å². The molecule has 1 saturated carbocycles. The van der Waals surface area contributed by atoms with Crippen LogP contribution < -0.4 is 26.6 Å². The number of thioether (sulfide) groups is 1. The Morgan fingerprint density at radius 2 is 1.67 bits per heavy atom. The molecule has 0 bridgehead atoms. The number of hydrogen-bond donors (Lipinski definition) is 5. The second-order valence-electron chi connectivity index (χ2n) is 15.9. The van der Waals surface area contributed by atoms with Gasteiger partial charge in [0.15, 0.2) is 0 Å². The van der Waals surface area contributed by atoms with E-state index in [1.165, 1.54) is 44.3 Å². The molecule has 61 heavy (non-hydrogen) atoms. The van der Waals surface area contributed by atoms with Crippen molar-refractivity contribution in [3.63, 3.8) is 0 Å². The molecule has 1 aromatic heterocycles. The first kappa shape index (κ1) is 49.3. The van der Waals surface area contributed by atoms with E-state index in [9.17, 15) is 38.4 Å². The lowest BCUT2D eigenvalue weighted by molar-refractivity contribution is -0.153. The summed E-state index contributed by atoms with van der Waals surface area (Å²) in [4.78, 5) is 112. The molecular formula is C42H59N7O9S3.